The van der Waals surface area contributed by atoms with Crippen molar-refractivity contribution in [1.29, 1.82) is 0 Å². The van der Waals surface area contributed by atoms with Gasteiger partial charge in [-0.1, -0.05) is 24.3 Å². The molecule has 1 aliphatic rings. The summed E-state index contributed by atoms with van der Waals surface area (Å²) in [4.78, 5) is 25.8. The van der Waals surface area contributed by atoms with Gasteiger partial charge in [0.25, 0.3) is 5.91 Å². The van der Waals surface area contributed by atoms with Gasteiger partial charge in [-0.15, -0.1) is 11.3 Å². The van der Waals surface area contributed by atoms with E-state index in [0.29, 0.717) is 6.54 Å². The van der Waals surface area contributed by atoms with Gasteiger partial charge < -0.3 is 9.64 Å². The topological polar surface area (TPSA) is 92.8 Å². The molecule has 2 heterocycles. The number of esters is 1. The first-order valence-corrected chi connectivity index (χ1v) is 10.9. The van der Waals surface area contributed by atoms with Crippen LogP contribution in [0.2, 0.25) is 0 Å². The first kappa shape index (κ1) is 19.5. The van der Waals surface area contributed by atoms with Crippen LogP contribution in [0.1, 0.15) is 18.4 Å². The molecule has 2 aromatic rings. The van der Waals surface area contributed by atoms with Gasteiger partial charge in [0.15, 0.2) is 6.61 Å². The molecule has 1 aromatic heterocycles. The molecule has 1 aliphatic heterocycles. The van der Waals surface area contributed by atoms with Gasteiger partial charge in [-0.2, -0.15) is 0 Å². The van der Waals surface area contributed by atoms with Crippen molar-refractivity contribution in [1.82, 2.24) is 4.72 Å². The molecule has 9 heteroatoms. The minimum atomic E-state index is -3.61. The molecule has 144 valence electrons. The predicted molar refractivity (Wildman–Crippen MR) is 102 cm³/mol. The molecular weight excluding hydrogens is 388 g/mol. The number of carbonyl (C=O) groups excluding carboxylic acids is 2. The van der Waals surface area contributed by atoms with Crippen LogP contribution in [-0.2, 0) is 30.8 Å². The second-order valence-corrected chi connectivity index (χ2v) is 8.96. The summed E-state index contributed by atoms with van der Waals surface area (Å²) in [6, 6.07) is 10.8. The van der Waals surface area contributed by atoms with Crippen molar-refractivity contribution in [3.05, 3.63) is 47.3 Å². The number of nitrogens with one attached hydrogen (secondary N) is 1. The second-order valence-electron chi connectivity index (χ2n) is 6.02. The van der Waals surface area contributed by atoms with Crippen molar-refractivity contribution in [2.24, 2.45) is 0 Å². The standard InChI is InChI=1S/C18H20N2O5S2/c21-16(20-11-3-6-14-5-1-2-7-15(14)20)13-25-17(22)9-10-19-27(23,24)18-8-4-12-26-18/h1-2,4-5,7-8,12,19H,3,6,9-11,13H2. The highest BCUT2D eigenvalue weighted by Gasteiger charge is 2.23. The van der Waals surface area contributed by atoms with Crippen LogP contribution >= 0.6 is 11.3 Å². The van der Waals surface area contributed by atoms with Gasteiger partial charge in [-0.25, -0.2) is 13.1 Å². The van der Waals surface area contributed by atoms with Crippen LogP contribution in [0.5, 0.6) is 0 Å². The highest BCUT2D eigenvalue weighted by atomic mass is 32.2. The number of carbonyl (C=O) groups is 2. The van der Waals surface area contributed by atoms with E-state index in [9.17, 15) is 18.0 Å². The summed E-state index contributed by atoms with van der Waals surface area (Å²) in [6.07, 6.45) is 1.64. The summed E-state index contributed by atoms with van der Waals surface area (Å²) >= 11 is 1.10. The molecular formula is C18H20N2O5S2. The van der Waals surface area contributed by atoms with Gasteiger partial charge >= 0.3 is 5.97 Å². The van der Waals surface area contributed by atoms with Gasteiger partial charge in [0, 0.05) is 18.8 Å². The normalized spacial score (nSPS) is 13.9. The summed E-state index contributed by atoms with van der Waals surface area (Å²) in [6.45, 7) is 0.151. The van der Waals surface area contributed by atoms with E-state index in [0.717, 1.165) is 35.4 Å². The Morgan fingerprint density at radius 1 is 1.19 bits per heavy atom. The molecule has 0 unspecified atom stereocenters. The van der Waals surface area contributed by atoms with E-state index in [-0.39, 0.29) is 29.7 Å². The summed E-state index contributed by atoms with van der Waals surface area (Å²) in [5.74, 6) is -0.905. The Bertz CT molecular complexity index is 910. The largest absolute Gasteiger partial charge is 0.456 e. The molecule has 0 fully saturated rings. The highest BCUT2D eigenvalue weighted by molar-refractivity contribution is 7.91. The quantitative estimate of drug-likeness (QED) is 0.707. The summed E-state index contributed by atoms with van der Waals surface area (Å²) < 4.78 is 31.4. The van der Waals surface area contributed by atoms with E-state index in [2.05, 4.69) is 4.72 Å². The molecule has 0 saturated heterocycles. The number of para-hydroxylation sites is 1. The number of fused-ring (bicyclic) bond motifs is 1. The predicted octanol–water partition coefficient (Wildman–Crippen LogP) is 1.94. The van der Waals surface area contributed by atoms with Crippen LogP contribution in [-0.4, -0.2) is 40.0 Å². The number of hydrogen-bond donors (Lipinski definition) is 1. The fraction of sp³-hybridized carbons (Fsp3) is 0.333. The maximum Gasteiger partial charge on any atom is 0.307 e. The fourth-order valence-corrected chi connectivity index (χ4v) is 4.93. The number of sulfonamides is 1. The van der Waals surface area contributed by atoms with Crippen LogP contribution in [0, 0.1) is 0 Å². The average Bonchev–Trinajstić information content (AvgIpc) is 3.21. The molecule has 27 heavy (non-hydrogen) atoms. The van der Waals surface area contributed by atoms with Crippen molar-refractivity contribution >= 4 is 38.9 Å². The maximum atomic E-state index is 12.4. The van der Waals surface area contributed by atoms with E-state index >= 15 is 0 Å². The zero-order chi connectivity index (χ0) is 19.3. The van der Waals surface area contributed by atoms with E-state index < -0.39 is 16.0 Å². The Labute approximate surface area is 162 Å². The Morgan fingerprint density at radius 3 is 2.78 bits per heavy atom. The number of ether oxygens (including phenoxy) is 1. The van der Waals surface area contributed by atoms with Crippen molar-refractivity contribution < 1.29 is 22.7 Å². The van der Waals surface area contributed by atoms with Gasteiger partial charge in [0.1, 0.15) is 4.21 Å². The van der Waals surface area contributed by atoms with E-state index in [1.54, 1.807) is 16.3 Å². The zero-order valence-corrected chi connectivity index (χ0v) is 16.2. The summed E-state index contributed by atoms with van der Waals surface area (Å²) in [7, 11) is -3.61. The van der Waals surface area contributed by atoms with Crippen molar-refractivity contribution in [2.45, 2.75) is 23.5 Å². The molecule has 7 nitrogen and oxygen atoms in total. The molecule has 3 rings (SSSR count). The number of hydrogen-bond acceptors (Lipinski definition) is 6. The Morgan fingerprint density at radius 2 is 2.00 bits per heavy atom. The molecule has 0 bridgehead atoms. The van der Waals surface area contributed by atoms with Crippen LogP contribution in [0.4, 0.5) is 5.69 Å². The first-order chi connectivity index (χ1) is 13.0. The number of aryl methyl sites for hydroxylation is 1. The first-order valence-electron chi connectivity index (χ1n) is 8.54. The van der Waals surface area contributed by atoms with Gasteiger partial charge in [0.05, 0.1) is 6.42 Å². The van der Waals surface area contributed by atoms with Crippen molar-refractivity contribution in [3.63, 3.8) is 0 Å². The van der Waals surface area contributed by atoms with Crippen LogP contribution < -0.4 is 9.62 Å². The smallest absolute Gasteiger partial charge is 0.307 e. The van der Waals surface area contributed by atoms with Crippen LogP contribution in [0.3, 0.4) is 0 Å². The van der Waals surface area contributed by atoms with Crippen molar-refractivity contribution in [3.8, 4) is 0 Å². The molecule has 0 saturated carbocycles. The van der Waals surface area contributed by atoms with Gasteiger partial charge in [-0.05, 0) is 35.9 Å². The lowest BCUT2D eigenvalue weighted by molar-refractivity contribution is -0.147. The minimum Gasteiger partial charge on any atom is -0.456 e. The number of rotatable bonds is 7. The Kier molecular flexibility index (Phi) is 6.25. The lowest BCUT2D eigenvalue weighted by atomic mass is 10.0. The molecule has 1 aromatic carbocycles. The maximum absolute atomic E-state index is 12.4. The number of thiophene rings is 1. The number of nitrogens with zero attached hydrogens (tertiary/aromatic N) is 1. The summed E-state index contributed by atoms with van der Waals surface area (Å²) in [5, 5.41) is 1.66. The van der Waals surface area contributed by atoms with E-state index in [4.69, 9.17) is 4.74 Å². The average molecular weight is 409 g/mol. The second kappa shape index (κ2) is 8.64. The van der Waals surface area contributed by atoms with Gasteiger partial charge in [0.2, 0.25) is 10.0 Å². The molecule has 1 amide bonds. The number of benzene rings is 1. The lowest BCUT2D eigenvalue weighted by Crippen LogP contribution is -2.38. The van der Waals surface area contributed by atoms with E-state index in [1.165, 1.54) is 6.07 Å². The number of anilines is 1. The molecule has 0 atom stereocenters. The van der Waals surface area contributed by atoms with Crippen LogP contribution in [0.15, 0.2) is 46.0 Å². The fourth-order valence-electron chi connectivity index (χ4n) is 2.86. The third-order valence-corrected chi connectivity index (χ3v) is 7.01. The molecule has 0 spiro atoms. The van der Waals surface area contributed by atoms with Crippen LogP contribution in [0.25, 0.3) is 0 Å². The highest BCUT2D eigenvalue weighted by Crippen LogP contribution is 2.26. The third-order valence-electron chi connectivity index (χ3n) is 4.15. The monoisotopic (exact) mass is 408 g/mol. The van der Waals surface area contributed by atoms with Gasteiger partial charge in [-0.3, -0.25) is 9.59 Å². The molecule has 1 N–H and O–H groups in total. The Balaban J connectivity index is 1.45. The Hall–Kier alpha value is -2.23. The zero-order valence-electron chi connectivity index (χ0n) is 14.6. The molecule has 0 aliphatic carbocycles. The third kappa shape index (κ3) is 4.94. The van der Waals surface area contributed by atoms with Crippen molar-refractivity contribution in [2.75, 3.05) is 24.6 Å². The number of amides is 1. The lowest BCUT2D eigenvalue weighted by Gasteiger charge is -2.29. The molecule has 0 radical (unpaired) electrons. The SMILES string of the molecule is O=C(CCNS(=O)(=O)c1cccs1)OCC(=O)N1CCCc2ccccc21. The van der Waals surface area contributed by atoms with E-state index in [1.807, 2.05) is 24.3 Å². The minimum absolute atomic E-state index is 0.0835. The summed E-state index contributed by atoms with van der Waals surface area (Å²) in [5.41, 5.74) is 1.96.